The minimum absolute atomic E-state index is 0.0326. The van der Waals surface area contributed by atoms with E-state index >= 15 is 0 Å². The molecule has 1 heterocycles. The Kier molecular flexibility index (Phi) is 7.71. The van der Waals surface area contributed by atoms with Crippen LogP contribution in [0, 0.1) is 5.41 Å². The predicted molar refractivity (Wildman–Crippen MR) is 129 cm³/mol. The minimum atomic E-state index is -5.87. The maximum Gasteiger partial charge on any atom is 0.411 e. The van der Waals surface area contributed by atoms with E-state index in [2.05, 4.69) is 15.0 Å². The molecule has 6 nitrogen and oxygen atoms in total. The first kappa shape index (κ1) is 29.2. The van der Waals surface area contributed by atoms with Crippen molar-refractivity contribution in [3.05, 3.63) is 69.1 Å². The number of aromatic nitrogens is 3. The van der Waals surface area contributed by atoms with Gasteiger partial charge in [-0.05, 0) is 41.7 Å². The van der Waals surface area contributed by atoms with Gasteiger partial charge < -0.3 is 5.32 Å². The van der Waals surface area contributed by atoms with Gasteiger partial charge in [0.1, 0.15) is 5.82 Å². The molecule has 3 aromatic rings. The molecule has 0 unspecified atom stereocenters. The molecule has 3 rings (SSSR count). The van der Waals surface area contributed by atoms with E-state index in [4.69, 9.17) is 11.6 Å². The van der Waals surface area contributed by atoms with Crippen molar-refractivity contribution in [2.75, 3.05) is 0 Å². The molecule has 0 bridgehead atoms. The zero-order chi connectivity index (χ0) is 28.7. The Balaban J connectivity index is 1.96. The quantitative estimate of drug-likeness (QED) is 0.364. The van der Waals surface area contributed by atoms with E-state index in [9.17, 15) is 35.9 Å². The predicted octanol–water partition coefficient (Wildman–Crippen LogP) is 6.20. The molecule has 0 aliphatic carbocycles. The molecule has 204 valence electrons. The molecule has 0 aliphatic heterocycles. The third kappa shape index (κ3) is 5.85. The molecule has 0 spiro atoms. The standard InChI is InChI=1S/C25H23ClF6N4O2/c1-22(2,3)15-7-5-6-14(11-15)18-34-19(36-21(38)35-18)16-10-13(8-9-17(16)26)12-33-20(37)23(4,24(27,28)29)25(30,31)32/h5-11H,12H2,1-4H3,(H,33,37)(H,34,35,36,38). The highest BCUT2D eigenvalue weighted by atomic mass is 35.5. The van der Waals surface area contributed by atoms with Gasteiger partial charge in [0.25, 0.3) is 0 Å². The molecular weight excluding hydrogens is 538 g/mol. The van der Waals surface area contributed by atoms with Crippen LogP contribution >= 0.6 is 11.6 Å². The number of alkyl halides is 6. The van der Waals surface area contributed by atoms with E-state index in [1.165, 1.54) is 18.2 Å². The van der Waals surface area contributed by atoms with Crippen LogP contribution < -0.4 is 11.0 Å². The van der Waals surface area contributed by atoms with Gasteiger partial charge in [-0.15, -0.1) is 0 Å². The van der Waals surface area contributed by atoms with E-state index in [1.54, 1.807) is 17.4 Å². The van der Waals surface area contributed by atoms with Gasteiger partial charge in [0.15, 0.2) is 5.82 Å². The van der Waals surface area contributed by atoms with Crippen LogP contribution in [0.4, 0.5) is 26.3 Å². The summed E-state index contributed by atoms with van der Waals surface area (Å²) in [5.74, 6) is -2.21. The molecule has 13 heteroatoms. The molecule has 2 N–H and O–H groups in total. The Morgan fingerprint density at radius 1 is 0.947 bits per heavy atom. The number of hydrogen-bond donors (Lipinski definition) is 2. The fourth-order valence-electron chi connectivity index (χ4n) is 3.41. The molecule has 0 fully saturated rings. The van der Waals surface area contributed by atoms with Crippen molar-refractivity contribution in [2.45, 2.75) is 52.0 Å². The fourth-order valence-corrected chi connectivity index (χ4v) is 3.61. The summed E-state index contributed by atoms with van der Waals surface area (Å²) in [5.41, 5.74) is -3.82. The molecule has 0 saturated carbocycles. The van der Waals surface area contributed by atoms with Gasteiger partial charge in [-0.1, -0.05) is 56.6 Å². The summed E-state index contributed by atoms with van der Waals surface area (Å²) in [5, 5.41) is 1.78. The maximum absolute atomic E-state index is 13.2. The average Bonchev–Trinajstić information content (AvgIpc) is 2.80. The lowest BCUT2D eigenvalue weighted by molar-refractivity contribution is -0.319. The highest BCUT2D eigenvalue weighted by Gasteiger charge is 2.72. The van der Waals surface area contributed by atoms with E-state index in [0.717, 1.165) is 5.56 Å². The first-order valence-corrected chi connectivity index (χ1v) is 11.5. The number of H-pyrrole nitrogens is 1. The monoisotopic (exact) mass is 560 g/mol. The average molecular weight is 561 g/mol. The van der Waals surface area contributed by atoms with Crippen LogP contribution in [0.1, 0.15) is 38.8 Å². The van der Waals surface area contributed by atoms with Gasteiger partial charge in [-0.2, -0.15) is 31.3 Å². The molecule has 2 aromatic carbocycles. The third-order valence-electron chi connectivity index (χ3n) is 5.96. The highest BCUT2D eigenvalue weighted by molar-refractivity contribution is 6.33. The third-order valence-corrected chi connectivity index (χ3v) is 6.29. The van der Waals surface area contributed by atoms with Crippen LogP contribution in [0.3, 0.4) is 0 Å². The Hall–Kier alpha value is -3.41. The number of halogens is 7. The van der Waals surface area contributed by atoms with Crippen LogP contribution in [0.15, 0.2) is 47.3 Å². The molecule has 0 aliphatic rings. The number of rotatable bonds is 5. The van der Waals surface area contributed by atoms with Crippen LogP contribution in [0.25, 0.3) is 22.8 Å². The first-order chi connectivity index (χ1) is 17.3. The largest absolute Gasteiger partial charge is 0.411 e. The molecule has 0 radical (unpaired) electrons. The van der Waals surface area contributed by atoms with Crippen LogP contribution in [-0.2, 0) is 16.8 Å². The highest BCUT2D eigenvalue weighted by Crippen LogP contribution is 2.50. The Labute approximate surface area is 218 Å². The smallest absolute Gasteiger partial charge is 0.351 e. The lowest BCUT2D eigenvalue weighted by atomic mass is 9.86. The summed E-state index contributed by atoms with van der Waals surface area (Å²) in [6, 6.07) is 11.1. The number of nitrogens with one attached hydrogen (secondary N) is 2. The zero-order valence-electron chi connectivity index (χ0n) is 20.6. The molecule has 0 atom stereocenters. The summed E-state index contributed by atoms with van der Waals surface area (Å²) in [6.45, 7) is 5.11. The Morgan fingerprint density at radius 3 is 2.16 bits per heavy atom. The van der Waals surface area contributed by atoms with Crippen LogP contribution in [0.5, 0.6) is 0 Å². The molecule has 0 saturated heterocycles. The van der Waals surface area contributed by atoms with Gasteiger partial charge in [-0.25, -0.2) is 9.78 Å². The SMILES string of the molecule is CC(C)(C)c1cccc(-c2nc(-c3cc(CNC(=O)C(C)(C(F)(F)F)C(F)(F)F)ccc3Cl)[nH]c(=O)n2)c1. The van der Waals surface area contributed by atoms with Gasteiger partial charge >= 0.3 is 18.0 Å². The molecule has 1 aromatic heterocycles. The number of hydrogen-bond acceptors (Lipinski definition) is 4. The number of amides is 1. The van der Waals surface area contributed by atoms with Gasteiger partial charge in [0.05, 0.1) is 5.02 Å². The maximum atomic E-state index is 13.2. The first-order valence-electron chi connectivity index (χ1n) is 11.1. The van der Waals surface area contributed by atoms with Crippen molar-refractivity contribution >= 4 is 17.5 Å². The van der Waals surface area contributed by atoms with Crippen molar-refractivity contribution in [1.29, 1.82) is 0 Å². The topological polar surface area (TPSA) is 87.7 Å². The van der Waals surface area contributed by atoms with E-state index in [-0.39, 0.29) is 40.1 Å². The van der Waals surface area contributed by atoms with Crippen molar-refractivity contribution in [1.82, 2.24) is 20.3 Å². The molecule has 38 heavy (non-hydrogen) atoms. The Morgan fingerprint density at radius 2 is 1.58 bits per heavy atom. The number of aromatic amines is 1. The number of nitrogens with zero attached hydrogens (tertiary/aromatic N) is 2. The van der Waals surface area contributed by atoms with E-state index in [1.807, 2.05) is 32.9 Å². The van der Waals surface area contributed by atoms with Gasteiger partial charge in [0, 0.05) is 17.7 Å². The molecular formula is C25H23ClF6N4O2. The minimum Gasteiger partial charge on any atom is -0.351 e. The summed E-state index contributed by atoms with van der Waals surface area (Å²) in [7, 11) is 0. The van der Waals surface area contributed by atoms with Gasteiger partial charge in [-0.3, -0.25) is 9.78 Å². The van der Waals surface area contributed by atoms with E-state index < -0.39 is 35.9 Å². The second-order valence-corrected chi connectivity index (χ2v) is 10.2. The number of carbonyl (C=O) groups is 1. The van der Waals surface area contributed by atoms with Crippen molar-refractivity contribution < 1.29 is 31.1 Å². The van der Waals surface area contributed by atoms with Crippen molar-refractivity contribution in [3.8, 4) is 22.8 Å². The second-order valence-electron chi connectivity index (χ2n) is 9.77. The summed E-state index contributed by atoms with van der Waals surface area (Å²) >= 11 is 6.25. The van der Waals surface area contributed by atoms with Crippen molar-refractivity contribution in [3.63, 3.8) is 0 Å². The van der Waals surface area contributed by atoms with Crippen LogP contribution in [0.2, 0.25) is 5.02 Å². The Bertz CT molecular complexity index is 1400. The zero-order valence-corrected chi connectivity index (χ0v) is 21.4. The number of benzene rings is 2. The summed E-state index contributed by atoms with van der Waals surface area (Å²) in [4.78, 5) is 35.1. The normalized spacial score (nSPS) is 12.9. The second kappa shape index (κ2) is 10.0. The van der Waals surface area contributed by atoms with Crippen molar-refractivity contribution in [2.24, 2.45) is 5.41 Å². The van der Waals surface area contributed by atoms with Crippen LogP contribution in [-0.4, -0.2) is 33.2 Å². The van der Waals surface area contributed by atoms with Gasteiger partial charge in [0.2, 0.25) is 11.3 Å². The van der Waals surface area contributed by atoms with E-state index in [0.29, 0.717) is 5.56 Å². The number of carbonyl (C=O) groups excluding carboxylic acids is 1. The summed E-state index contributed by atoms with van der Waals surface area (Å²) < 4.78 is 79.0. The summed E-state index contributed by atoms with van der Waals surface area (Å²) in [6.07, 6.45) is -11.7. The fraction of sp³-hybridized carbons (Fsp3) is 0.360. The lowest BCUT2D eigenvalue weighted by Gasteiger charge is -2.32. The lowest BCUT2D eigenvalue weighted by Crippen LogP contribution is -2.57. The molecule has 1 amide bonds.